The topological polar surface area (TPSA) is 56.2 Å². The van der Waals surface area contributed by atoms with E-state index >= 15 is 0 Å². The molecule has 1 saturated heterocycles. The van der Waals surface area contributed by atoms with Gasteiger partial charge < -0.3 is 5.32 Å². The molecule has 2 aliphatic rings. The third-order valence-corrected chi connectivity index (χ3v) is 5.05. The van der Waals surface area contributed by atoms with E-state index in [0.717, 1.165) is 18.8 Å². The van der Waals surface area contributed by atoms with E-state index in [0.29, 0.717) is 11.9 Å². The quantitative estimate of drug-likeness (QED) is 0.812. The summed E-state index contributed by atoms with van der Waals surface area (Å²) in [6.45, 7) is 6.23. The maximum absolute atomic E-state index is 12.5. The first-order valence-electron chi connectivity index (χ1n) is 8.19. The van der Waals surface area contributed by atoms with Crippen LogP contribution in [0.3, 0.4) is 0 Å². The Bertz CT molecular complexity index is 361. The molecule has 4 nitrogen and oxygen atoms in total. The molecule has 4 heteroatoms. The lowest BCUT2D eigenvalue weighted by molar-refractivity contribution is -0.129. The maximum atomic E-state index is 12.5. The summed E-state index contributed by atoms with van der Waals surface area (Å²) in [5.41, 5.74) is 0. The van der Waals surface area contributed by atoms with E-state index in [1.807, 2.05) is 6.92 Å². The zero-order valence-corrected chi connectivity index (χ0v) is 13.1. The average molecular weight is 279 g/mol. The van der Waals surface area contributed by atoms with E-state index in [4.69, 9.17) is 5.41 Å². The van der Waals surface area contributed by atoms with Gasteiger partial charge in [-0.1, -0.05) is 46.0 Å². The largest absolute Gasteiger partial charge is 0.344 e. The Morgan fingerprint density at radius 3 is 2.45 bits per heavy atom. The Balaban J connectivity index is 1.87. The van der Waals surface area contributed by atoms with Crippen LogP contribution in [0.4, 0.5) is 0 Å². The number of nitrogens with one attached hydrogen (secondary N) is 2. The fourth-order valence-corrected chi connectivity index (χ4v) is 3.35. The number of rotatable bonds is 5. The number of hydrogen-bond acceptors (Lipinski definition) is 2. The van der Waals surface area contributed by atoms with Crippen molar-refractivity contribution in [3.05, 3.63) is 0 Å². The van der Waals surface area contributed by atoms with Crippen LogP contribution in [0.1, 0.15) is 65.7 Å². The van der Waals surface area contributed by atoms with Gasteiger partial charge >= 0.3 is 0 Å². The van der Waals surface area contributed by atoms with Crippen molar-refractivity contribution < 1.29 is 4.79 Å². The zero-order valence-electron chi connectivity index (χ0n) is 13.1. The highest BCUT2D eigenvalue weighted by Gasteiger charge is 2.39. The molecule has 2 atom stereocenters. The first kappa shape index (κ1) is 15.3. The van der Waals surface area contributed by atoms with E-state index in [2.05, 4.69) is 19.2 Å². The molecule has 0 radical (unpaired) electrons. The fourth-order valence-electron chi connectivity index (χ4n) is 3.35. The molecule has 1 aliphatic heterocycles. The number of nitrogens with zero attached hydrogens (tertiary/aromatic N) is 1. The minimum absolute atomic E-state index is 0.0992. The number of carbonyl (C=O) groups excluding carboxylic acids is 1. The molecule has 0 bridgehead atoms. The van der Waals surface area contributed by atoms with Crippen molar-refractivity contribution in [2.45, 2.75) is 77.8 Å². The third-order valence-electron chi connectivity index (χ3n) is 5.05. The summed E-state index contributed by atoms with van der Waals surface area (Å²) in [7, 11) is 0. The second-order valence-corrected chi connectivity index (χ2v) is 6.82. The molecule has 2 unspecified atom stereocenters. The van der Waals surface area contributed by atoms with Gasteiger partial charge in [0.25, 0.3) is 5.91 Å². The van der Waals surface area contributed by atoms with Gasteiger partial charge in [0, 0.05) is 6.04 Å². The molecular weight excluding hydrogens is 250 g/mol. The molecule has 114 valence electrons. The van der Waals surface area contributed by atoms with Crippen LogP contribution in [0.2, 0.25) is 0 Å². The highest BCUT2D eigenvalue weighted by Crippen LogP contribution is 2.28. The van der Waals surface area contributed by atoms with Gasteiger partial charge in [-0.05, 0) is 31.6 Å². The van der Waals surface area contributed by atoms with Crippen LogP contribution in [0.25, 0.3) is 0 Å². The van der Waals surface area contributed by atoms with Gasteiger partial charge in [-0.15, -0.1) is 0 Å². The van der Waals surface area contributed by atoms with Crippen molar-refractivity contribution in [1.29, 1.82) is 5.41 Å². The van der Waals surface area contributed by atoms with Gasteiger partial charge in [0.15, 0.2) is 5.96 Å². The number of hydrogen-bond donors (Lipinski definition) is 2. The predicted molar refractivity (Wildman–Crippen MR) is 81.6 cm³/mol. The maximum Gasteiger partial charge on any atom is 0.252 e. The Labute approximate surface area is 122 Å². The second-order valence-electron chi connectivity index (χ2n) is 6.82. The zero-order chi connectivity index (χ0) is 14.7. The Morgan fingerprint density at radius 1 is 1.20 bits per heavy atom. The second kappa shape index (κ2) is 6.59. The van der Waals surface area contributed by atoms with Gasteiger partial charge in [0.1, 0.15) is 6.04 Å². The van der Waals surface area contributed by atoms with Gasteiger partial charge in [-0.25, -0.2) is 0 Å². The first-order valence-corrected chi connectivity index (χ1v) is 8.19. The first-order chi connectivity index (χ1) is 9.50. The summed E-state index contributed by atoms with van der Waals surface area (Å²) in [5.74, 6) is 1.57. The van der Waals surface area contributed by atoms with Crippen molar-refractivity contribution in [3.8, 4) is 0 Å². The highest BCUT2D eigenvalue weighted by atomic mass is 16.2. The van der Waals surface area contributed by atoms with Crippen molar-refractivity contribution in [2.75, 3.05) is 0 Å². The van der Waals surface area contributed by atoms with Gasteiger partial charge in [0.2, 0.25) is 0 Å². The summed E-state index contributed by atoms with van der Waals surface area (Å²) < 4.78 is 0. The Hall–Kier alpha value is -1.06. The summed E-state index contributed by atoms with van der Waals surface area (Å²) in [6.07, 6.45) is 8.73. The van der Waals surface area contributed by atoms with Gasteiger partial charge in [0.05, 0.1) is 0 Å². The van der Waals surface area contributed by atoms with E-state index in [9.17, 15) is 4.79 Å². The van der Waals surface area contributed by atoms with Crippen LogP contribution in [-0.4, -0.2) is 28.9 Å². The summed E-state index contributed by atoms with van der Waals surface area (Å²) >= 11 is 0. The molecule has 1 aliphatic carbocycles. The molecule has 0 aromatic rings. The molecule has 2 N–H and O–H groups in total. The molecular formula is C16H29N3O. The minimum Gasteiger partial charge on any atom is -0.344 e. The highest BCUT2D eigenvalue weighted by molar-refractivity contribution is 6.05. The molecule has 2 fully saturated rings. The normalized spacial score (nSPS) is 26.2. The molecule has 2 rings (SSSR count). The van der Waals surface area contributed by atoms with E-state index in [1.165, 1.54) is 32.1 Å². The van der Waals surface area contributed by atoms with Crippen LogP contribution in [-0.2, 0) is 4.79 Å². The van der Waals surface area contributed by atoms with Crippen LogP contribution < -0.4 is 5.32 Å². The lowest BCUT2D eigenvalue weighted by Gasteiger charge is -2.26. The van der Waals surface area contributed by atoms with E-state index in [1.54, 1.807) is 4.90 Å². The van der Waals surface area contributed by atoms with Crippen LogP contribution in [0, 0.1) is 17.2 Å². The lowest BCUT2D eigenvalue weighted by atomic mass is 9.85. The summed E-state index contributed by atoms with van der Waals surface area (Å²) in [4.78, 5) is 14.1. The van der Waals surface area contributed by atoms with Crippen LogP contribution >= 0.6 is 0 Å². The third kappa shape index (κ3) is 3.33. The van der Waals surface area contributed by atoms with E-state index < -0.39 is 0 Å². The van der Waals surface area contributed by atoms with Crippen molar-refractivity contribution >= 4 is 11.9 Å². The standard InChI is InChI=1S/C16H29N3O/c1-11(2)12(3)19-15(20)14(18-16(19)17)10-9-13-7-5-4-6-8-13/h11-14H,4-10H2,1-3H3,(H2,17,18). The number of amides is 1. The molecule has 1 amide bonds. The number of guanidine groups is 1. The van der Waals surface area contributed by atoms with Crippen LogP contribution in [0.15, 0.2) is 0 Å². The van der Waals surface area contributed by atoms with Crippen molar-refractivity contribution in [3.63, 3.8) is 0 Å². The van der Waals surface area contributed by atoms with Crippen LogP contribution in [0.5, 0.6) is 0 Å². The molecule has 0 aromatic heterocycles. The van der Waals surface area contributed by atoms with Gasteiger partial charge in [-0.3, -0.25) is 15.1 Å². The minimum atomic E-state index is -0.161. The Kier molecular flexibility index (Phi) is 5.06. The van der Waals surface area contributed by atoms with E-state index in [-0.39, 0.29) is 18.0 Å². The lowest BCUT2D eigenvalue weighted by Crippen LogP contribution is -2.42. The molecule has 20 heavy (non-hydrogen) atoms. The predicted octanol–water partition coefficient (Wildman–Crippen LogP) is 3.13. The monoisotopic (exact) mass is 279 g/mol. The summed E-state index contributed by atoms with van der Waals surface area (Å²) in [6, 6.07) is -0.0622. The fraction of sp³-hybridized carbons (Fsp3) is 0.875. The molecule has 0 spiro atoms. The average Bonchev–Trinajstić information content (AvgIpc) is 2.71. The number of carbonyl (C=O) groups is 1. The summed E-state index contributed by atoms with van der Waals surface area (Å²) in [5, 5.41) is 11.1. The molecule has 0 aromatic carbocycles. The van der Waals surface area contributed by atoms with Crippen molar-refractivity contribution in [1.82, 2.24) is 10.2 Å². The SMILES string of the molecule is CC(C)C(C)N1C(=N)NC(CCC2CCCCC2)C1=O. The molecule has 1 heterocycles. The smallest absolute Gasteiger partial charge is 0.252 e. The van der Waals surface area contributed by atoms with Gasteiger partial charge in [-0.2, -0.15) is 0 Å². The van der Waals surface area contributed by atoms with Crippen molar-refractivity contribution in [2.24, 2.45) is 11.8 Å². The molecule has 1 saturated carbocycles. The Morgan fingerprint density at radius 2 is 1.85 bits per heavy atom.